The number of carbonyl (C=O) groups is 1. The van der Waals surface area contributed by atoms with E-state index in [0.717, 1.165) is 24.8 Å². The highest BCUT2D eigenvalue weighted by atomic mass is 16.1. The van der Waals surface area contributed by atoms with E-state index in [1.165, 1.54) is 31.2 Å². The lowest BCUT2D eigenvalue weighted by molar-refractivity contribution is -0.122. The van der Waals surface area contributed by atoms with Crippen LogP contribution in [0.5, 0.6) is 0 Å². The summed E-state index contributed by atoms with van der Waals surface area (Å²) in [6.07, 6.45) is 9.03. The summed E-state index contributed by atoms with van der Waals surface area (Å²) in [6, 6.07) is 20.7. The number of hydrogen-bond donors (Lipinski definition) is 1. The lowest BCUT2D eigenvalue weighted by Gasteiger charge is -2.17. The minimum atomic E-state index is 0.183. The van der Waals surface area contributed by atoms with Gasteiger partial charge in [0.15, 0.2) is 0 Å². The fourth-order valence-corrected chi connectivity index (χ4v) is 3.35. The monoisotopic (exact) mass is 351 g/mol. The lowest BCUT2D eigenvalue weighted by atomic mass is 9.91. The number of amides is 1. The number of hydrogen-bond acceptors (Lipinski definition) is 1. The van der Waals surface area contributed by atoms with Crippen molar-refractivity contribution in [3.63, 3.8) is 0 Å². The SMILES string of the molecule is CCCCCC[C@H](CCc1ccccc1)CC(=O)NCc1ccccc1. The average molecular weight is 352 g/mol. The Labute approximate surface area is 159 Å². The van der Waals surface area contributed by atoms with Crippen LogP contribution in [0.25, 0.3) is 0 Å². The Hall–Kier alpha value is -2.09. The molecule has 0 aliphatic rings. The topological polar surface area (TPSA) is 29.1 Å². The fraction of sp³-hybridized carbons (Fsp3) is 0.458. The Balaban J connectivity index is 1.80. The lowest BCUT2D eigenvalue weighted by Crippen LogP contribution is -2.25. The Bertz CT molecular complexity index is 609. The molecule has 0 aliphatic heterocycles. The van der Waals surface area contributed by atoms with Gasteiger partial charge in [-0.05, 0) is 36.3 Å². The third-order valence-corrected chi connectivity index (χ3v) is 4.96. The van der Waals surface area contributed by atoms with E-state index in [1.54, 1.807) is 0 Å². The Kier molecular flexibility index (Phi) is 9.56. The molecular weight excluding hydrogens is 318 g/mol. The van der Waals surface area contributed by atoms with Gasteiger partial charge in [-0.15, -0.1) is 0 Å². The van der Waals surface area contributed by atoms with Gasteiger partial charge in [0.2, 0.25) is 5.91 Å². The van der Waals surface area contributed by atoms with Crippen molar-refractivity contribution in [1.82, 2.24) is 5.32 Å². The molecule has 2 aromatic rings. The van der Waals surface area contributed by atoms with Crippen molar-refractivity contribution in [2.75, 3.05) is 0 Å². The summed E-state index contributed by atoms with van der Waals surface area (Å²) in [5.41, 5.74) is 2.53. The van der Waals surface area contributed by atoms with Crippen LogP contribution >= 0.6 is 0 Å². The van der Waals surface area contributed by atoms with Gasteiger partial charge in [0.25, 0.3) is 0 Å². The number of aryl methyl sites for hydroxylation is 1. The summed E-state index contributed by atoms with van der Waals surface area (Å²) in [5, 5.41) is 3.09. The van der Waals surface area contributed by atoms with Crippen LogP contribution in [0.2, 0.25) is 0 Å². The molecule has 2 rings (SSSR count). The summed E-state index contributed by atoms with van der Waals surface area (Å²) in [5.74, 6) is 0.658. The summed E-state index contributed by atoms with van der Waals surface area (Å²) < 4.78 is 0. The van der Waals surface area contributed by atoms with Crippen molar-refractivity contribution in [3.05, 3.63) is 71.8 Å². The van der Waals surface area contributed by atoms with Crippen LogP contribution in [0.3, 0.4) is 0 Å². The number of benzene rings is 2. The van der Waals surface area contributed by atoms with Crippen LogP contribution in [0.4, 0.5) is 0 Å². The van der Waals surface area contributed by atoms with Crippen LogP contribution in [-0.4, -0.2) is 5.91 Å². The summed E-state index contributed by atoms with van der Waals surface area (Å²) in [7, 11) is 0. The van der Waals surface area contributed by atoms with E-state index >= 15 is 0 Å². The van der Waals surface area contributed by atoms with Crippen molar-refractivity contribution in [2.45, 2.75) is 64.8 Å². The third kappa shape index (κ3) is 8.33. The predicted octanol–water partition coefficient (Wildman–Crippen LogP) is 5.91. The first-order chi connectivity index (χ1) is 12.8. The molecule has 1 N–H and O–H groups in total. The first kappa shape index (κ1) is 20.2. The maximum atomic E-state index is 12.4. The van der Waals surface area contributed by atoms with Gasteiger partial charge >= 0.3 is 0 Å². The molecule has 1 amide bonds. The van der Waals surface area contributed by atoms with Gasteiger partial charge in [0.05, 0.1) is 0 Å². The molecule has 140 valence electrons. The highest BCUT2D eigenvalue weighted by molar-refractivity contribution is 5.76. The van der Waals surface area contributed by atoms with Gasteiger partial charge in [-0.2, -0.15) is 0 Å². The van der Waals surface area contributed by atoms with Gasteiger partial charge in [-0.3, -0.25) is 4.79 Å². The first-order valence-corrected chi connectivity index (χ1v) is 10.1. The quantitative estimate of drug-likeness (QED) is 0.473. The molecule has 1 atom stereocenters. The molecule has 0 fully saturated rings. The molecule has 0 saturated carbocycles. The van der Waals surface area contributed by atoms with Gasteiger partial charge < -0.3 is 5.32 Å². The van der Waals surface area contributed by atoms with E-state index < -0.39 is 0 Å². The second-order valence-electron chi connectivity index (χ2n) is 7.21. The molecule has 26 heavy (non-hydrogen) atoms. The zero-order chi connectivity index (χ0) is 18.5. The number of carbonyl (C=O) groups excluding carboxylic acids is 1. The molecular formula is C24H33NO. The van der Waals surface area contributed by atoms with Crippen LogP contribution in [-0.2, 0) is 17.8 Å². The number of unbranched alkanes of at least 4 members (excludes halogenated alkanes) is 3. The Morgan fingerprint density at radius 1 is 0.846 bits per heavy atom. The molecule has 2 nitrogen and oxygen atoms in total. The Morgan fingerprint density at radius 2 is 1.50 bits per heavy atom. The van der Waals surface area contributed by atoms with Crippen molar-refractivity contribution in [2.24, 2.45) is 5.92 Å². The van der Waals surface area contributed by atoms with E-state index in [0.29, 0.717) is 18.9 Å². The molecule has 2 aromatic carbocycles. The molecule has 0 unspecified atom stereocenters. The predicted molar refractivity (Wildman–Crippen MR) is 110 cm³/mol. The fourth-order valence-electron chi connectivity index (χ4n) is 3.35. The van der Waals surface area contributed by atoms with Gasteiger partial charge in [-0.25, -0.2) is 0 Å². The van der Waals surface area contributed by atoms with Crippen LogP contribution in [0.15, 0.2) is 60.7 Å². The molecule has 0 radical (unpaired) electrons. The van der Waals surface area contributed by atoms with E-state index in [1.807, 2.05) is 18.2 Å². The highest BCUT2D eigenvalue weighted by Crippen LogP contribution is 2.21. The number of rotatable bonds is 12. The van der Waals surface area contributed by atoms with Crippen molar-refractivity contribution in [3.8, 4) is 0 Å². The van der Waals surface area contributed by atoms with Crippen LogP contribution in [0.1, 0.15) is 63.0 Å². The molecule has 0 saturated heterocycles. The van der Waals surface area contributed by atoms with Crippen molar-refractivity contribution >= 4 is 5.91 Å². The zero-order valence-corrected chi connectivity index (χ0v) is 16.1. The van der Waals surface area contributed by atoms with Crippen molar-refractivity contribution < 1.29 is 4.79 Å². The highest BCUT2D eigenvalue weighted by Gasteiger charge is 2.14. The van der Waals surface area contributed by atoms with Crippen molar-refractivity contribution in [1.29, 1.82) is 0 Å². The summed E-state index contributed by atoms with van der Waals surface area (Å²) in [6.45, 7) is 2.87. The maximum Gasteiger partial charge on any atom is 0.220 e. The van der Waals surface area contributed by atoms with E-state index in [4.69, 9.17) is 0 Å². The smallest absolute Gasteiger partial charge is 0.220 e. The second kappa shape index (κ2) is 12.3. The first-order valence-electron chi connectivity index (χ1n) is 10.1. The van der Waals surface area contributed by atoms with E-state index in [9.17, 15) is 4.79 Å². The summed E-state index contributed by atoms with van der Waals surface area (Å²) >= 11 is 0. The third-order valence-electron chi connectivity index (χ3n) is 4.96. The normalized spacial score (nSPS) is 11.9. The summed E-state index contributed by atoms with van der Waals surface area (Å²) in [4.78, 5) is 12.4. The second-order valence-corrected chi connectivity index (χ2v) is 7.21. The molecule has 0 aliphatic carbocycles. The van der Waals surface area contributed by atoms with Gasteiger partial charge in [-0.1, -0.05) is 93.3 Å². The average Bonchev–Trinajstić information content (AvgIpc) is 2.69. The zero-order valence-electron chi connectivity index (χ0n) is 16.1. The molecule has 0 aromatic heterocycles. The van der Waals surface area contributed by atoms with Gasteiger partial charge in [0.1, 0.15) is 0 Å². The standard InChI is InChI=1S/C24H33NO/c1-2-3-4-7-14-22(18-17-21-12-8-5-9-13-21)19-24(26)25-20-23-15-10-6-11-16-23/h5-6,8-13,15-16,22H,2-4,7,14,17-20H2,1H3,(H,25,26)/t22-/m1/s1. The molecule has 0 spiro atoms. The molecule has 0 bridgehead atoms. The van der Waals surface area contributed by atoms with E-state index in [2.05, 4.69) is 54.7 Å². The number of nitrogens with one attached hydrogen (secondary N) is 1. The van der Waals surface area contributed by atoms with Crippen LogP contribution < -0.4 is 5.32 Å². The molecule has 2 heteroatoms. The van der Waals surface area contributed by atoms with Gasteiger partial charge in [0, 0.05) is 13.0 Å². The largest absolute Gasteiger partial charge is 0.352 e. The maximum absolute atomic E-state index is 12.4. The Morgan fingerprint density at radius 3 is 2.15 bits per heavy atom. The molecule has 0 heterocycles. The van der Waals surface area contributed by atoms with E-state index in [-0.39, 0.29) is 5.91 Å². The minimum absolute atomic E-state index is 0.183. The van der Waals surface area contributed by atoms with Crippen LogP contribution in [0, 0.1) is 5.92 Å². The minimum Gasteiger partial charge on any atom is -0.352 e.